The van der Waals surface area contributed by atoms with Gasteiger partial charge >= 0.3 is 18.5 Å². The van der Waals surface area contributed by atoms with Crippen molar-refractivity contribution in [3.05, 3.63) is 23.8 Å². The molecule has 1 atom stereocenters. The highest BCUT2D eigenvalue weighted by molar-refractivity contribution is 5.59. The molecule has 2 aliphatic rings. The van der Waals surface area contributed by atoms with E-state index in [4.69, 9.17) is 5.73 Å². The minimum Gasteiger partial charge on any atom is -0.405 e. The highest BCUT2D eigenvalue weighted by Gasteiger charge is 2.46. The molecule has 2 heterocycles. The maximum atomic E-state index is 14.0. The number of halogens is 6. The van der Waals surface area contributed by atoms with E-state index in [0.717, 1.165) is 38.5 Å². The summed E-state index contributed by atoms with van der Waals surface area (Å²) < 4.78 is 84.0. The Bertz CT molecular complexity index is 1130. The van der Waals surface area contributed by atoms with E-state index in [0.29, 0.717) is 38.1 Å². The molecule has 1 saturated heterocycles. The Morgan fingerprint density at radius 1 is 0.949 bits per heavy atom. The van der Waals surface area contributed by atoms with Gasteiger partial charge in [0.1, 0.15) is 23.0 Å². The number of likely N-dealkylation sites (tertiary alicyclic amines) is 1. The van der Waals surface area contributed by atoms with Gasteiger partial charge in [-0.05, 0) is 26.0 Å². The maximum Gasteiger partial charge on any atom is 0.573 e. The number of hydrogen-bond acceptors (Lipinski definition) is 7. The molecule has 14 heteroatoms. The quantitative estimate of drug-likeness (QED) is 0.259. The van der Waals surface area contributed by atoms with Crippen LogP contribution in [0, 0.1) is 0 Å². The number of aromatic nitrogens is 3. The molecule has 1 aliphatic heterocycles. The zero-order valence-corrected chi connectivity index (χ0v) is 21.9. The van der Waals surface area contributed by atoms with Gasteiger partial charge in [-0.25, -0.2) is 4.48 Å². The molecule has 0 spiro atoms. The summed E-state index contributed by atoms with van der Waals surface area (Å²) in [5.74, 6) is -1.07. The molecule has 8 nitrogen and oxygen atoms in total. The van der Waals surface area contributed by atoms with Crippen LogP contribution in [0.2, 0.25) is 0 Å². The summed E-state index contributed by atoms with van der Waals surface area (Å²) in [6.45, 7) is 1.35. The van der Waals surface area contributed by atoms with E-state index in [1.54, 1.807) is 7.05 Å². The summed E-state index contributed by atoms with van der Waals surface area (Å²) in [6.07, 6.45) is -2.95. The fourth-order valence-corrected chi connectivity index (χ4v) is 5.50. The maximum absolute atomic E-state index is 14.0. The average Bonchev–Trinajstić information content (AvgIpc) is 3.11. The molecule has 2 fully saturated rings. The molecule has 2 aromatic rings. The first-order valence-electron chi connectivity index (χ1n) is 13.1. The van der Waals surface area contributed by atoms with Crippen LogP contribution in [-0.4, -0.2) is 65.5 Å². The summed E-state index contributed by atoms with van der Waals surface area (Å²) >= 11 is 0. The number of anilines is 2. The van der Waals surface area contributed by atoms with Crippen molar-refractivity contribution in [1.29, 1.82) is 0 Å². The largest absolute Gasteiger partial charge is 0.573 e. The topological polar surface area (TPSA) is 89.2 Å². The Kier molecular flexibility index (Phi) is 8.45. The van der Waals surface area contributed by atoms with Gasteiger partial charge in [0, 0.05) is 44.1 Å². The highest BCUT2D eigenvalue weighted by atomic mass is 19.4. The summed E-state index contributed by atoms with van der Waals surface area (Å²) in [5.41, 5.74) is 4.60. The van der Waals surface area contributed by atoms with Crippen LogP contribution in [0.4, 0.5) is 49.9 Å². The summed E-state index contributed by atoms with van der Waals surface area (Å²) in [5, 5.41) is 3.32. The standard InChI is InChI=1S/C25H34F6N7O/c1-37-13-11-17(12-14-37)38(2,18-9-10-20(39-25(29,30)31)19(15-18)24(26,27)28)23-35-21(32)34-22(36-23)33-16-7-5-3-4-6-8-16/h9-10,15-17H,3-8,11-14H2,1-2H3,(H3,32,33,34,35,36)/q+1. The third kappa shape index (κ3) is 7.02. The number of ether oxygens (including phenoxy) is 1. The minimum atomic E-state index is -5.28. The Hall–Kier alpha value is -2.87. The van der Waals surface area contributed by atoms with Crippen LogP contribution in [-0.2, 0) is 6.18 Å². The first kappa shape index (κ1) is 29.1. The van der Waals surface area contributed by atoms with E-state index in [-0.39, 0.29) is 40.1 Å². The van der Waals surface area contributed by atoms with Crippen molar-refractivity contribution in [3.63, 3.8) is 0 Å². The third-order valence-electron chi connectivity index (χ3n) is 7.69. The van der Waals surface area contributed by atoms with E-state index < -0.39 is 23.9 Å². The van der Waals surface area contributed by atoms with Gasteiger partial charge in [0.2, 0.25) is 11.9 Å². The molecule has 39 heavy (non-hydrogen) atoms. The van der Waals surface area contributed by atoms with Gasteiger partial charge in [-0.3, -0.25) is 0 Å². The van der Waals surface area contributed by atoms with Crippen molar-refractivity contribution < 1.29 is 31.1 Å². The molecule has 1 saturated carbocycles. The predicted molar refractivity (Wildman–Crippen MR) is 135 cm³/mol. The van der Waals surface area contributed by atoms with Gasteiger partial charge in [-0.2, -0.15) is 18.2 Å². The molecule has 1 aromatic heterocycles. The Balaban J connectivity index is 1.81. The van der Waals surface area contributed by atoms with E-state index in [1.807, 2.05) is 7.05 Å². The SMILES string of the molecule is CN1CCC([N+](C)(c2ccc(OC(F)(F)F)c(C(F)(F)F)c2)c2nc(N)nc(NC3CCCCCC3)n2)CC1. The fraction of sp³-hybridized carbons (Fsp3) is 0.640. The van der Waals surface area contributed by atoms with Crippen LogP contribution in [0.1, 0.15) is 56.9 Å². The number of alkyl halides is 6. The Morgan fingerprint density at radius 2 is 1.59 bits per heavy atom. The molecule has 4 rings (SSSR count). The molecular weight excluding hydrogens is 528 g/mol. The van der Waals surface area contributed by atoms with Gasteiger partial charge < -0.3 is 20.7 Å². The van der Waals surface area contributed by atoms with Gasteiger partial charge in [-0.1, -0.05) is 25.7 Å². The molecular formula is C25H34F6N7O+. The minimum absolute atomic E-state index is 0.0671. The molecule has 0 radical (unpaired) electrons. The molecule has 1 aliphatic carbocycles. The second kappa shape index (κ2) is 11.3. The number of nitrogens with one attached hydrogen (secondary N) is 1. The summed E-state index contributed by atoms with van der Waals surface area (Å²) in [6, 6.07) is 2.45. The zero-order chi connectivity index (χ0) is 28.4. The first-order chi connectivity index (χ1) is 18.3. The van der Waals surface area contributed by atoms with E-state index >= 15 is 0 Å². The molecule has 1 unspecified atom stereocenters. The number of rotatable bonds is 6. The predicted octanol–water partition coefficient (Wildman–Crippen LogP) is 5.87. The Labute approximate surface area is 223 Å². The van der Waals surface area contributed by atoms with Crippen LogP contribution >= 0.6 is 0 Å². The van der Waals surface area contributed by atoms with Crippen molar-refractivity contribution in [2.24, 2.45) is 0 Å². The van der Waals surface area contributed by atoms with Crippen molar-refractivity contribution >= 4 is 23.5 Å². The van der Waals surface area contributed by atoms with Crippen LogP contribution in [0.25, 0.3) is 0 Å². The van der Waals surface area contributed by atoms with Gasteiger partial charge in [0.05, 0.1) is 7.05 Å². The number of benzene rings is 1. The molecule has 1 aromatic carbocycles. The van der Waals surface area contributed by atoms with Crippen LogP contribution in [0.15, 0.2) is 18.2 Å². The second-order valence-electron chi connectivity index (χ2n) is 10.5. The second-order valence-corrected chi connectivity index (χ2v) is 10.5. The molecule has 216 valence electrons. The van der Waals surface area contributed by atoms with Gasteiger partial charge in [0.25, 0.3) is 0 Å². The van der Waals surface area contributed by atoms with Gasteiger partial charge in [0.15, 0.2) is 0 Å². The third-order valence-corrected chi connectivity index (χ3v) is 7.69. The van der Waals surface area contributed by atoms with Crippen molar-refractivity contribution in [3.8, 4) is 5.75 Å². The highest BCUT2D eigenvalue weighted by Crippen LogP contribution is 2.45. The molecule has 3 N–H and O–H groups in total. The lowest BCUT2D eigenvalue weighted by Gasteiger charge is -2.42. The van der Waals surface area contributed by atoms with Gasteiger partial charge in [-0.15, -0.1) is 23.1 Å². The molecule has 0 bridgehead atoms. The lowest BCUT2D eigenvalue weighted by molar-refractivity contribution is -0.276. The van der Waals surface area contributed by atoms with Crippen molar-refractivity contribution in [2.75, 3.05) is 38.2 Å². The smallest absolute Gasteiger partial charge is 0.405 e. The van der Waals surface area contributed by atoms with Crippen molar-refractivity contribution in [2.45, 2.75) is 76.0 Å². The lowest BCUT2D eigenvalue weighted by Crippen LogP contribution is -2.54. The van der Waals surface area contributed by atoms with Crippen molar-refractivity contribution in [1.82, 2.24) is 24.3 Å². The molecule has 0 amide bonds. The van der Waals surface area contributed by atoms with E-state index in [2.05, 4.69) is 29.9 Å². The lowest BCUT2D eigenvalue weighted by atomic mass is 9.99. The number of nitrogens with zero attached hydrogens (tertiary/aromatic N) is 5. The number of hydrogen-bond donors (Lipinski definition) is 2. The van der Waals surface area contributed by atoms with Crippen LogP contribution in [0.5, 0.6) is 5.75 Å². The van der Waals surface area contributed by atoms with Crippen LogP contribution < -0.4 is 20.3 Å². The monoisotopic (exact) mass is 562 g/mol. The fourth-order valence-electron chi connectivity index (χ4n) is 5.50. The normalized spacial score (nSPS) is 20.3. The average molecular weight is 563 g/mol. The summed E-state index contributed by atoms with van der Waals surface area (Å²) in [4.78, 5) is 15.3. The first-order valence-corrected chi connectivity index (χ1v) is 13.1. The van der Waals surface area contributed by atoms with E-state index in [1.165, 1.54) is 6.07 Å². The Morgan fingerprint density at radius 3 is 2.18 bits per heavy atom. The number of nitrogen functional groups attached to an aromatic ring is 1. The van der Waals surface area contributed by atoms with E-state index in [9.17, 15) is 26.3 Å². The number of quaternary nitrogens is 1. The summed E-state index contributed by atoms with van der Waals surface area (Å²) in [7, 11) is 3.61. The van der Waals surface area contributed by atoms with Crippen LogP contribution in [0.3, 0.4) is 0 Å². The number of nitrogens with two attached hydrogens (primary N) is 1. The number of piperidine rings is 1. The zero-order valence-electron chi connectivity index (χ0n) is 21.9.